The van der Waals surface area contributed by atoms with Crippen LogP contribution in [0.4, 0.5) is 0 Å². The van der Waals surface area contributed by atoms with Crippen LogP contribution in [0.25, 0.3) is 0 Å². The molecule has 3 rings (SSSR count). The lowest BCUT2D eigenvalue weighted by Gasteiger charge is -2.16. The molecule has 0 fully saturated rings. The number of aromatic nitrogens is 3. The first-order valence-electron chi connectivity index (χ1n) is 11.4. The molecule has 0 spiro atoms. The van der Waals surface area contributed by atoms with E-state index < -0.39 is 0 Å². The highest BCUT2D eigenvalue weighted by atomic mass is 127. The fourth-order valence-electron chi connectivity index (χ4n) is 3.72. The van der Waals surface area contributed by atoms with Gasteiger partial charge < -0.3 is 24.7 Å². The second-order valence-electron chi connectivity index (χ2n) is 7.82. The van der Waals surface area contributed by atoms with Crippen molar-refractivity contribution in [3.63, 3.8) is 0 Å². The molecular formula is C23H37IN6O2. The van der Waals surface area contributed by atoms with E-state index in [9.17, 15) is 0 Å². The minimum atomic E-state index is -0.0711. The minimum Gasteiger partial charge on any atom is -0.493 e. The van der Waals surface area contributed by atoms with Crippen molar-refractivity contribution in [3.05, 3.63) is 35.9 Å². The number of nitrogens with one attached hydrogen (secondary N) is 2. The van der Waals surface area contributed by atoms with Crippen LogP contribution in [0.5, 0.6) is 11.5 Å². The quantitative estimate of drug-likeness (QED) is 0.202. The molecule has 2 N–H and O–H groups in total. The number of hydrogen-bond acceptors (Lipinski definition) is 5. The summed E-state index contributed by atoms with van der Waals surface area (Å²) in [5, 5.41) is 15.5. The van der Waals surface area contributed by atoms with Crippen LogP contribution >= 0.6 is 24.0 Å². The van der Waals surface area contributed by atoms with Crippen LogP contribution in [0.15, 0.2) is 29.3 Å². The van der Waals surface area contributed by atoms with Gasteiger partial charge in [0.1, 0.15) is 17.8 Å². The Kier molecular flexibility index (Phi) is 11.6. The van der Waals surface area contributed by atoms with Gasteiger partial charge >= 0.3 is 0 Å². The van der Waals surface area contributed by atoms with Gasteiger partial charge in [-0.3, -0.25) is 0 Å². The highest BCUT2D eigenvalue weighted by Crippen LogP contribution is 2.26. The summed E-state index contributed by atoms with van der Waals surface area (Å²) in [5.74, 6) is 4.53. The van der Waals surface area contributed by atoms with Gasteiger partial charge in [0.25, 0.3) is 0 Å². The molecule has 1 aromatic heterocycles. The fourth-order valence-corrected chi connectivity index (χ4v) is 3.72. The molecule has 0 amide bonds. The van der Waals surface area contributed by atoms with Crippen molar-refractivity contribution < 1.29 is 9.47 Å². The number of aryl methyl sites for hydroxylation is 2. The fraction of sp³-hybridized carbons (Fsp3) is 0.609. The lowest BCUT2D eigenvalue weighted by molar-refractivity contribution is 0.219. The molecule has 32 heavy (non-hydrogen) atoms. The molecule has 0 bridgehead atoms. The third-order valence-corrected chi connectivity index (χ3v) is 5.30. The summed E-state index contributed by atoms with van der Waals surface area (Å²) in [4.78, 5) is 4.68. The van der Waals surface area contributed by atoms with Crippen LogP contribution in [0, 0.1) is 0 Å². The largest absolute Gasteiger partial charge is 0.493 e. The summed E-state index contributed by atoms with van der Waals surface area (Å²) >= 11 is 0. The van der Waals surface area contributed by atoms with Gasteiger partial charge in [-0.15, -0.1) is 34.2 Å². The predicted molar refractivity (Wildman–Crippen MR) is 138 cm³/mol. The maximum absolute atomic E-state index is 6.00. The number of nitrogens with zero attached hydrogens (tertiary/aromatic N) is 4. The molecule has 1 aromatic carbocycles. The Morgan fingerprint density at radius 3 is 2.75 bits per heavy atom. The molecule has 0 saturated heterocycles. The van der Waals surface area contributed by atoms with E-state index in [-0.39, 0.29) is 30.1 Å². The molecule has 1 aliphatic rings. The van der Waals surface area contributed by atoms with E-state index in [0.29, 0.717) is 6.54 Å². The van der Waals surface area contributed by atoms with Gasteiger partial charge in [-0.2, -0.15) is 0 Å². The van der Waals surface area contributed by atoms with Crippen molar-refractivity contribution in [1.82, 2.24) is 25.4 Å². The van der Waals surface area contributed by atoms with Crippen molar-refractivity contribution in [2.45, 2.75) is 65.0 Å². The van der Waals surface area contributed by atoms with Gasteiger partial charge in [0.05, 0.1) is 13.7 Å². The van der Waals surface area contributed by atoms with Gasteiger partial charge in [0.15, 0.2) is 17.5 Å². The third kappa shape index (κ3) is 7.83. The van der Waals surface area contributed by atoms with Gasteiger partial charge in [0.2, 0.25) is 0 Å². The van der Waals surface area contributed by atoms with Crippen LogP contribution in [-0.2, 0) is 19.4 Å². The first-order valence-corrected chi connectivity index (χ1v) is 11.4. The van der Waals surface area contributed by atoms with E-state index in [1.54, 1.807) is 7.11 Å². The predicted octanol–water partition coefficient (Wildman–Crippen LogP) is 3.59. The first-order chi connectivity index (χ1) is 15.2. The highest BCUT2D eigenvalue weighted by molar-refractivity contribution is 14.0. The summed E-state index contributed by atoms with van der Waals surface area (Å²) in [6, 6.07) is 7.67. The first kappa shape index (κ1) is 26.2. The lowest BCUT2D eigenvalue weighted by atomic mass is 10.2. The van der Waals surface area contributed by atoms with E-state index in [1.807, 2.05) is 31.2 Å². The molecule has 0 radical (unpaired) electrons. The summed E-state index contributed by atoms with van der Waals surface area (Å²) in [5.41, 5.74) is 0. The maximum Gasteiger partial charge on any atom is 0.191 e. The normalized spacial score (nSPS) is 14.5. The number of guanidine groups is 1. The molecule has 178 valence electrons. The highest BCUT2D eigenvalue weighted by Gasteiger charge is 2.14. The van der Waals surface area contributed by atoms with Crippen LogP contribution in [0.1, 0.15) is 51.2 Å². The number of benzene rings is 1. The Bertz CT molecular complexity index is 842. The van der Waals surface area contributed by atoms with Crippen LogP contribution in [0.2, 0.25) is 0 Å². The second kappa shape index (κ2) is 14.2. The van der Waals surface area contributed by atoms with Crippen molar-refractivity contribution >= 4 is 29.9 Å². The van der Waals surface area contributed by atoms with E-state index in [4.69, 9.17) is 9.47 Å². The molecule has 0 saturated carbocycles. The van der Waals surface area contributed by atoms with Gasteiger partial charge in [-0.05, 0) is 45.2 Å². The van der Waals surface area contributed by atoms with E-state index in [2.05, 4.69) is 37.3 Å². The van der Waals surface area contributed by atoms with Gasteiger partial charge in [-0.1, -0.05) is 18.6 Å². The lowest BCUT2D eigenvalue weighted by Crippen LogP contribution is -2.38. The van der Waals surface area contributed by atoms with Crippen molar-refractivity contribution in [2.75, 3.05) is 26.7 Å². The SMILES string of the molecule is CCNC(=NCC(C)Oc1ccccc1OC)NCCCc1nnc2n1CCCCC2.I. The topological polar surface area (TPSA) is 85.6 Å². The van der Waals surface area contributed by atoms with Gasteiger partial charge in [0, 0.05) is 32.5 Å². The van der Waals surface area contributed by atoms with E-state index >= 15 is 0 Å². The number of fused-ring (bicyclic) bond motifs is 1. The summed E-state index contributed by atoms with van der Waals surface area (Å²) in [7, 11) is 1.65. The van der Waals surface area contributed by atoms with Crippen molar-refractivity contribution in [1.29, 1.82) is 0 Å². The third-order valence-electron chi connectivity index (χ3n) is 5.30. The monoisotopic (exact) mass is 556 g/mol. The number of ether oxygens (including phenoxy) is 2. The zero-order chi connectivity index (χ0) is 21.9. The number of rotatable bonds is 10. The molecule has 1 aliphatic heterocycles. The molecule has 2 aromatic rings. The standard InChI is InChI=1S/C23H36N6O2.HI/c1-4-24-23(26-17-18(2)31-20-12-8-7-11-19(20)30-3)25-15-10-14-22-28-27-21-13-6-5-9-16-29(21)22;/h7-8,11-12,18H,4-6,9-10,13-17H2,1-3H3,(H2,24,25,26);1H. The molecular weight excluding hydrogens is 519 g/mol. The number of hydrogen-bond donors (Lipinski definition) is 2. The molecule has 9 heteroatoms. The van der Waals surface area contributed by atoms with Crippen molar-refractivity contribution in [3.8, 4) is 11.5 Å². The molecule has 8 nitrogen and oxygen atoms in total. The second-order valence-corrected chi connectivity index (χ2v) is 7.82. The summed E-state index contributed by atoms with van der Waals surface area (Å²) in [6.45, 7) is 7.32. The number of para-hydroxylation sites is 2. The van der Waals surface area contributed by atoms with E-state index in [0.717, 1.165) is 68.0 Å². The van der Waals surface area contributed by atoms with Crippen LogP contribution in [-0.4, -0.2) is 53.6 Å². The number of aliphatic imine (C=N–C) groups is 1. The Morgan fingerprint density at radius 2 is 1.97 bits per heavy atom. The Balaban J connectivity index is 0.00000363. The number of methoxy groups -OCH3 is 1. The van der Waals surface area contributed by atoms with E-state index in [1.165, 1.54) is 19.3 Å². The molecule has 2 heterocycles. The Morgan fingerprint density at radius 1 is 1.16 bits per heavy atom. The Labute approximate surface area is 208 Å². The zero-order valence-corrected chi connectivity index (χ0v) is 21.8. The summed E-state index contributed by atoms with van der Waals surface area (Å²) < 4.78 is 13.7. The Hall–Kier alpha value is -2.04. The van der Waals surface area contributed by atoms with Gasteiger partial charge in [-0.25, -0.2) is 4.99 Å². The van der Waals surface area contributed by atoms with Crippen LogP contribution in [0.3, 0.4) is 0 Å². The maximum atomic E-state index is 6.00. The molecule has 0 aliphatic carbocycles. The zero-order valence-electron chi connectivity index (χ0n) is 19.5. The average molecular weight is 556 g/mol. The minimum absolute atomic E-state index is 0. The number of halogens is 1. The summed E-state index contributed by atoms with van der Waals surface area (Å²) in [6.07, 6.45) is 6.62. The smallest absolute Gasteiger partial charge is 0.191 e. The molecule has 1 atom stereocenters. The molecule has 1 unspecified atom stereocenters. The van der Waals surface area contributed by atoms with Crippen molar-refractivity contribution in [2.24, 2.45) is 4.99 Å². The van der Waals surface area contributed by atoms with Crippen LogP contribution < -0.4 is 20.1 Å². The average Bonchev–Trinajstić information content (AvgIpc) is 3.01.